The molecule has 3 amide bonds. The Morgan fingerprint density at radius 2 is 1.69 bits per heavy atom. The first-order valence-electron chi connectivity index (χ1n) is 9.32. The summed E-state index contributed by atoms with van der Waals surface area (Å²) in [6.45, 7) is 2.81. The minimum absolute atomic E-state index is 0.155. The molecule has 0 aromatic heterocycles. The van der Waals surface area contributed by atoms with Gasteiger partial charge in [-0.1, -0.05) is 25.0 Å². The van der Waals surface area contributed by atoms with Gasteiger partial charge < -0.3 is 9.64 Å². The van der Waals surface area contributed by atoms with Crippen molar-refractivity contribution in [3.63, 3.8) is 0 Å². The number of hydrogen-bond donors (Lipinski definition) is 0. The van der Waals surface area contributed by atoms with Crippen molar-refractivity contribution in [1.29, 1.82) is 0 Å². The predicted octanol–water partition coefficient (Wildman–Crippen LogP) is 2.22. The Morgan fingerprint density at radius 3 is 2.23 bits per heavy atom. The second-order valence-electron chi connectivity index (χ2n) is 7.09. The van der Waals surface area contributed by atoms with Crippen molar-refractivity contribution in [2.45, 2.75) is 39.2 Å². The van der Waals surface area contributed by atoms with Gasteiger partial charge in [-0.15, -0.1) is 0 Å². The van der Waals surface area contributed by atoms with Crippen LogP contribution in [-0.2, 0) is 20.9 Å². The van der Waals surface area contributed by atoms with E-state index in [9.17, 15) is 14.4 Å². The van der Waals surface area contributed by atoms with Crippen LogP contribution in [0.25, 0.3) is 0 Å². The van der Waals surface area contributed by atoms with E-state index in [1.807, 2.05) is 31.2 Å². The number of ether oxygens (including phenoxy) is 1. The van der Waals surface area contributed by atoms with Gasteiger partial charge in [-0.25, -0.2) is 0 Å². The highest BCUT2D eigenvalue weighted by atomic mass is 16.5. The highest BCUT2D eigenvalue weighted by Crippen LogP contribution is 2.37. The summed E-state index contributed by atoms with van der Waals surface area (Å²) in [6.07, 6.45) is 3.50. The zero-order chi connectivity index (χ0) is 18.7. The van der Waals surface area contributed by atoms with Gasteiger partial charge >= 0.3 is 0 Å². The van der Waals surface area contributed by atoms with Crippen LogP contribution in [0.15, 0.2) is 24.3 Å². The van der Waals surface area contributed by atoms with Crippen LogP contribution in [0.4, 0.5) is 0 Å². The molecular formula is C20H26N2O4. The summed E-state index contributed by atoms with van der Waals surface area (Å²) in [5.41, 5.74) is 0.969. The molecule has 2 fully saturated rings. The number of imide groups is 1. The zero-order valence-corrected chi connectivity index (χ0v) is 15.4. The SMILES string of the molecule is CCOc1ccc(CN(C)C(=O)CN2C(=O)C3CCCCC3C2=O)cc1. The van der Waals surface area contributed by atoms with Crippen LogP contribution >= 0.6 is 0 Å². The van der Waals surface area contributed by atoms with Gasteiger partial charge in [-0.2, -0.15) is 0 Å². The van der Waals surface area contributed by atoms with Crippen LogP contribution < -0.4 is 4.74 Å². The molecule has 2 atom stereocenters. The lowest BCUT2D eigenvalue weighted by Crippen LogP contribution is -2.41. The van der Waals surface area contributed by atoms with Crippen molar-refractivity contribution < 1.29 is 19.1 Å². The smallest absolute Gasteiger partial charge is 0.242 e. The number of carbonyl (C=O) groups is 3. The summed E-state index contributed by atoms with van der Waals surface area (Å²) >= 11 is 0. The highest BCUT2D eigenvalue weighted by Gasteiger charge is 2.48. The number of fused-ring (bicyclic) bond motifs is 1. The molecule has 1 saturated heterocycles. The van der Waals surface area contributed by atoms with Crippen molar-refractivity contribution in [2.24, 2.45) is 11.8 Å². The Hall–Kier alpha value is -2.37. The third kappa shape index (κ3) is 3.74. The normalized spacial score (nSPS) is 22.3. The Bertz CT molecular complexity index is 662. The van der Waals surface area contributed by atoms with Crippen LogP contribution in [-0.4, -0.2) is 47.7 Å². The molecule has 26 heavy (non-hydrogen) atoms. The minimum Gasteiger partial charge on any atom is -0.494 e. The second-order valence-corrected chi connectivity index (χ2v) is 7.09. The molecule has 0 bridgehead atoms. The molecule has 1 saturated carbocycles. The number of nitrogens with zero attached hydrogens (tertiary/aromatic N) is 2. The molecular weight excluding hydrogens is 332 g/mol. The van der Waals surface area contributed by atoms with Crippen molar-refractivity contribution in [1.82, 2.24) is 9.80 Å². The fourth-order valence-corrected chi connectivity index (χ4v) is 3.86. The van der Waals surface area contributed by atoms with E-state index in [1.54, 1.807) is 11.9 Å². The van der Waals surface area contributed by atoms with E-state index >= 15 is 0 Å². The van der Waals surface area contributed by atoms with Crippen LogP contribution in [0.1, 0.15) is 38.2 Å². The second kappa shape index (κ2) is 7.89. The number of amides is 3. The van der Waals surface area contributed by atoms with Crippen LogP contribution in [0, 0.1) is 11.8 Å². The molecule has 3 rings (SSSR count). The van der Waals surface area contributed by atoms with Gasteiger partial charge in [0.25, 0.3) is 0 Å². The lowest BCUT2D eigenvalue weighted by molar-refractivity contribution is -0.146. The molecule has 1 heterocycles. The third-order valence-corrected chi connectivity index (χ3v) is 5.31. The summed E-state index contributed by atoms with van der Waals surface area (Å²) < 4.78 is 5.41. The number of hydrogen-bond acceptors (Lipinski definition) is 4. The molecule has 1 aromatic rings. The average molecular weight is 358 g/mol. The van der Waals surface area contributed by atoms with Crippen molar-refractivity contribution in [2.75, 3.05) is 20.2 Å². The Labute approximate surface area is 154 Å². The molecule has 140 valence electrons. The lowest BCUT2D eigenvalue weighted by Gasteiger charge is -2.21. The van der Waals surface area contributed by atoms with E-state index in [2.05, 4.69) is 0 Å². The summed E-state index contributed by atoms with van der Waals surface area (Å²) in [6, 6.07) is 7.57. The van der Waals surface area contributed by atoms with Gasteiger partial charge in [-0.3, -0.25) is 19.3 Å². The van der Waals surface area contributed by atoms with Crippen LogP contribution in [0.2, 0.25) is 0 Å². The maximum absolute atomic E-state index is 12.5. The maximum Gasteiger partial charge on any atom is 0.242 e. The summed E-state index contributed by atoms with van der Waals surface area (Å²) in [5, 5.41) is 0. The van der Waals surface area contributed by atoms with Gasteiger partial charge in [0.2, 0.25) is 17.7 Å². The molecule has 2 aliphatic rings. The van der Waals surface area contributed by atoms with E-state index in [0.29, 0.717) is 13.2 Å². The number of carbonyl (C=O) groups excluding carboxylic acids is 3. The van der Waals surface area contributed by atoms with Crippen LogP contribution in [0.3, 0.4) is 0 Å². The van der Waals surface area contributed by atoms with Gasteiger partial charge in [0.05, 0.1) is 18.4 Å². The summed E-state index contributed by atoms with van der Waals surface area (Å²) in [7, 11) is 1.69. The maximum atomic E-state index is 12.5. The average Bonchev–Trinajstić information content (AvgIpc) is 2.89. The molecule has 0 radical (unpaired) electrons. The molecule has 6 heteroatoms. The first kappa shape index (κ1) is 18.4. The fourth-order valence-electron chi connectivity index (χ4n) is 3.86. The van der Waals surface area contributed by atoms with E-state index in [0.717, 1.165) is 37.0 Å². The molecule has 1 aromatic carbocycles. The molecule has 2 unspecified atom stereocenters. The number of likely N-dealkylation sites (tertiary alicyclic amines) is 1. The third-order valence-electron chi connectivity index (χ3n) is 5.31. The Balaban J connectivity index is 1.58. The predicted molar refractivity (Wildman–Crippen MR) is 96.3 cm³/mol. The molecule has 0 N–H and O–H groups in total. The number of rotatable bonds is 6. The number of benzene rings is 1. The lowest BCUT2D eigenvalue weighted by atomic mass is 9.81. The molecule has 1 aliphatic carbocycles. The quantitative estimate of drug-likeness (QED) is 0.732. The van der Waals surface area contributed by atoms with E-state index < -0.39 is 0 Å². The van der Waals surface area contributed by atoms with E-state index in [4.69, 9.17) is 4.74 Å². The number of likely N-dealkylation sites (N-methyl/N-ethyl adjacent to an activating group) is 1. The van der Waals surface area contributed by atoms with Gasteiger partial charge in [-0.05, 0) is 37.5 Å². The highest BCUT2D eigenvalue weighted by molar-refractivity contribution is 6.07. The molecule has 1 aliphatic heterocycles. The first-order valence-corrected chi connectivity index (χ1v) is 9.32. The molecule has 0 spiro atoms. The minimum atomic E-state index is -0.223. The summed E-state index contributed by atoms with van der Waals surface area (Å²) in [5.74, 6) is -0.175. The Kier molecular flexibility index (Phi) is 5.59. The molecule has 6 nitrogen and oxygen atoms in total. The largest absolute Gasteiger partial charge is 0.494 e. The van der Waals surface area contributed by atoms with Crippen LogP contribution in [0.5, 0.6) is 5.75 Å². The fraction of sp³-hybridized carbons (Fsp3) is 0.550. The monoisotopic (exact) mass is 358 g/mol. The van der Waals surface area contributed by atoms with Gasteiger partial charge in [0.15, 0.2) is 0 Å². The van der Waals surface area contributed by atoms with Crippen molar-refractivity contribution in [3.05, 3.63) is 29.8 Å². The summed E-state index contributed by atoms with van der Waals surface area (Å²) in [4.78, 5) is 40.2. The first-order chi connectivity index (χ1) is 12.5. The Morgan fingerprint density at radius 1 is 1.12 bits per heavy atom. The zero-order valence-electron chi connectivity index (χ0n) is 15.4. The topological polar surface area (TPSA) is 66.9 Å². The van der Waals surface area contributed by atoms with E-state index in [-0.39, 0.29) is 36.1 Å². The van der Waals surface area contributed by atoms with Crippen molar-refractivity contribution >= 4 is 17.7 Å². The van der Waals surface area contributed by atoms with E-state index in [1.165, 1.54) is 4.90 Å². The van der Waals surface area contributed by atoms with Gasteiger partial charge in [0, 0.05) is 13.6 Å². The van der Waals surface area contributed by atoms with Crippen molar-refractivity contribution in [3.8, 4) is 5.75 Å². The standard InChI is InChI=1S/C20H26N2O4/c1-3-26-15-10-8-14(9-11-15)12-21(2)18(23)13-22-19(24)16-6-4-5-7-17(16)20(22)25/h8-11,16-17H,3-7,12-13H2,1-2H3. The van der Waals surface area contributed by atoms with Gasteiger partial charge in [0.1, 0.15) is 12.3 Å².